The van der Waals surface area contributed by atoms with Gasteiger partial charge in [-0.15, -0.1) is 0 Å². The van der Waals surface area contributed by atoms with Crippen LogP contribution in [0.25, 0.3) is 6.08 Å². The fraction of sp³-hybridized carbons (Fsp3) is 0.120. The van der Waals surface area contributed by atoms with Crippen molar-refractivity contribution in [2.24, 2.45) is 0 Å². The topological polar surface area (TPSA) is 55.8 Å². The minimum Gasteiger partial charge on any atom is -0.492 e. The Morgan fingerprint density at radius 1 is 0.844 bits per heavy atom. The largest absolute Gasteiger partial charge is 0.492 e. The van der Waals surface area contributed by atoms with Gasteiger partial charge in [-0.25, -0.2) is 0 Å². The molecule has 0 unspecified atom stereocenters. The Kier molecular flexibility index (Phi) is 7.49. The molecule has 1 fully saturated rings. The fourth-order valence-electron chi connectivity index (χ4n) is 3.02. The minimum absolute atomic E-state index is 0.211. The van der Waals surface area contributed by atoms with E-state index in [0.29, 0.717) is 17.3 Å². The number of carbonyl (C=O) groups is 2. The number of ether oxygens (including phenoxy) is 2. The van der Waals surface area contributed by atoms with Crippen LogP contribution in [0, 0.1) is 3.57 Å². The monoisotopic (exact) mass is 557 g/mol. The molecule has 1 heterocycles. The van der Waals surface area contributed by atoms with Gasteiger partial charge in [-0.3, -0.25) is 14.5 Å². The van der Waals surface area contributed by atoms with Crippen LogP contribution in [0.3, 0.4) is 0 Å². The van der Waals surface area contributed by atoms with Gasteiger partial charge >= 0.3 is 0 Å². The van der Waals surface area contributed by atoms with Crippen molar-refractivity contribution in [1.29, 1.82) is 0 Å². The summed E-state index contributed by atoms with van der Waals surface area (Å²) in [5, 5.41) is -0.282. The van der Waals surface area contributed by atoms with Crippen LogP contribution >= 0.6 is 34.4 Å². The first kappa shape index (κ1) is 22.4. The van der Waals surface area contributed by atoms with Crippen LogP contribution in [-0.2, 0) is 11.4 Å². The second-order valence-corrected chi connectivity index (χ2v) is 9.22. The number of thioether (sulfide) groups is 1. The summed E-state index contributed by atoms with van der Waals surface area (Å²) in [4.78, 5) is 26.5. The zero-order chi connectivity index (χ0) is 22.3. The van der Waals surface area contributed by atoms with Crippen LogP contribution < -0.4 is 9.47 Å². The van der Waals surface area contributed by atoms with Gasteiger partial charge in [0, 0.05) is 3.57 Å². The second-order valence-electron chi connectivity index (χ2n) is 6.98. The number of halogens is 1. The molecule has 0 saturated carbocycles. The van der Waals surface area contributed by atoms with Gasteiger partial charge < -0.3 is 9.47 Å². The highest BCUT2D eigenvalue weighted by molar-refractivity contribution is 14.1. The molecule has 0 N–H and O–H groups in total. The number of para-hydroxylation sites is 1. The molecule has 5 nitrogen and oxygen atoms in total. The van der Waals surface area contributed by atoms with Crippen molar-refractivity contribution in [2.45, 2.75) is 6.61 Å². The van der Waals surface area contributed by atoms with Gasteiger partial charge in [0.2, 0.25) is 0 Å². The maximum absolute atomic E-state index is 12.6. The summed E-state index contributed by atoms with van der Waals surface area (Å²) in [6.45, 7) is 0.949. The van der Waals surface area contributed by atoms with Gasteiger partial charge in [-0.05, 0) is 88.0 Å². The average molecular weight is 557 g/mol. The predicted molar refractivity (Wildman–Crippen MR) is 135 cm³/mol. The third-order valence-corrected chi connectivity index (χ3v) is 6.32. The SMILES string of the molecule is O=C1S/C(=C\c2ccc(OCc3ccc(I)cc3)cc2)C(=O)N1CCOc1ccccc1. The smallest absolute Gasteiger partial charge is 0.293 e. The molecule has 3 aromatic carbocycles. The fourth-order valence-corrected chi connectivity index (χ4v) is 4.25. The Balaban J connectivity index is 1.32. The van der Waals surface area contributed by atoms with E-state index in [0.717, 1.165) is 28.6 Å². The lowest BCUT2D eigenvalue weighted by Gasteiger charge is -2.13. The number of amides is 2. The standard InChI is InChI=1S/C25H20INO4S/c26-20-10-6-19(7-11-20)17-31-22-12-8-18(9-13-22)16-23-24(28)27(25(29)32-23)14-15-30-21-4-2-1-3-5-21/h1-13,16H,14-15,17H2/b23-16-. The van der Waals surface area contributed by atoms with Crippen LogP contribution in [-0.4, -0.2) is 29.2 Å². The normalized spacial score (nSPS) is 14.8. The molecule has 0 spiro atoms. The molecular weight excluding hydrogens is 537 g/mol. The summed E-state index contributed by atoms with van der Waals surface area (Å²) in [6.07, 6.45) is 1.73. The van der Waals surface area contributed by atoms with E-state index in [4.69, 9.17) is 9.47 Å². The lowest BCUT2D eigenvalue weighted by atomic mass is 10.2. The van der Waals surface area contributed by atoms with Crippen molar-refractivity contribution in [3.05, 3.63) is 98.5 Å². The second kappa shape index (κ2) is 10.7. The molecule has 1 aliphatic rings. The lowest BCUT2D eigenvalue weighted by molar-refractivity contribution is -0.123. The maximum Gasteiger partial charge on any atom is 0.293 e. The Morgan fingerprint density at radius 2 is 1.53 bits per heavy atom. The summed E-state index contributed by atoms with van der Waals surface area (Å²) in [5.74, 6) is 1.15. The van der Waals surface area contributed by atoms with Crippen molar-refractivity contribution in [1.82, 2.24) is 4.90 Å². The minimum atomic E-state index is -0.296. The lowest BCUT2D eigenvalue weighted by Crippen LogP contribution is -2.32. The van der Waals surface area contributed by atoms with Crippen molar-refractivity contribution < 1.29 is 19.1 Å². The number of hydrogen-bond donors (Lipinski definition) is 0. The van der Waals surface area contributed by atoms with Crippen LogP contribution in [0.1, 0.15) is 11.1 Å². The number of imide groups is 1. The van der Waals surface area contributed by atoms with E-state index in [1.165, 1.54) is 8.47 Å². The zero-order valence-corrected chi connectivity index (χ0v) is 20.0. The first-order valence-electron chi connectivity index (χ1n) is 9.99. The van der Waals surface area contributed by atoms with Gasteiger partial charge in [0.15, 0.2) is 0 Å². The molecule has 1 saturated heterocycles. The van der Waals surface area contributed by atoms with E-state index in [-0.39, 0.29) is 24.3 Å². The molecule has 32 heavy (non-hydrogen) atoms. The molecule has 4 rings (SSSR count). The maximum atomic E-state index is 12.6. The van der Waals surface area contributed by atoms with Crippen molar-refractivity contribution in [3.8, 4) is 11.5 Å². The van der Waals surface area contributed by atoms with Crippen LogP contribution in [0.2, 0.25) is 0 Å². The molecular formula is C25H20INO4S. The Hall–Kier alpha value is -2.78. The molecule has 0 aromatic heterocycles. The van der Waals surface area contributed by atoms with Crippen molar-refractivity contribution >= 4 is 51.6 Å². The van der Waals surface area contributed by atoms with Crippen LogP contribution in [0.15, 0.2) is 83.8 Å². The molecule has 0 aliphatic carbocycles. The molecule has 3 aromatic rings. The van der Waals surface area contributed by atoms with Gasteiger partial charge in [-0.2, -0.15) is 0 Å². The number of nitrogens with zero attached hydrogens (tertiary/aromatic N) is 1. The van der Waals surface area contributed by atoms with Gasteiger partial charge in [0.05, 0.1) is 11.4 Å². The van der Waals surface area contributed by atoms with E-state index < -0.39 is 0 Å². The average Bonchev–Trinajstić information content (AvgIpc) is 3.08. The molecule has 7 heteroatoms. The van der Waals surface area contributed by atoms with E-state index in [1.807, 2.05) is 78.9 Å². The summed E-state index contributed by atoms with van der Waals surface area (Å²) in [7, 11) is 0. The summed E-state index contributed by atoms with van der Waals surface area (Å²) in [6, 6.07) is 24.9. The van der Waals surface area contributed by atoms with E-state index in [1.54, 1.807) is 6.08 Å². The molecule has 2 amide bonds. The molecule has 1 aliphatic heterocycles. The highest BCUT2D eigenvalue weighted by atomic mass is 127. The Morgan fingerprint density at radius 3 is 2.25 bits per heavy atom. The zero-order valence-electron chi connectivity index (χ0n) is 17.1. The van der Waals surface area contributed by atoms with Crippen LogP contribution in [0.4, 0.5) is 4.79 Å². The summed E-state index contributed by atoms with van der Waals surface area (Å²) < 4.78 is 12.6. The predicted octanol–water partition coefficient (Wildman–Crippen LogP) is 5.99. The van der Waals surface area contributed by atoms with Crippen molar-refractivity contribution in [3.63, 3.8) is 0 Å². The first-order chi connectivity index (χ1) is 15.6. The van der Waals surface area contributed by atoms with Crippen molar-refractivity contribution in [2.75, 3.05) is 13.2 Å². The third-order valence-electron chi connectivity index (χ3n) is 4.70. The number of benzene rings is 3. The molecule has 0 bridgehead atoms. The number of hydrogen-bond acceptors (Lipinski definition) is 5. The number of rotatable bonds is 8. The third kappa shape index (κ3) is 5.92. The molecule has 162 valence electrons. The molecule has 0 radical (unpaired) electrons. The summed E-state index contributed by atoms with van der Waals surface area (Å²) in [5.41, 5.74) is 1.93. The van der Waals surface area contributed by atoms with Gasteiger partial charge in [0.1, 0.15) is 24.7 Å². The first-order valence-corrected chi connectivity index (χ1v) is 11.9. The highest BCUT2D eigenvalue weighted by Gasteiger charge is 2.34. The quantitative estimate of drug-likeness (QED) is 0.252. The summed E-state index contributed by atoms with van der Waals surface area (Å²) >= 11 is 3.22. The van der Waals surface area contributed by atoms with Gasteiger partial charge in [0.25, 0.3) is 11.1 Å². The Bertz CT molecular complexity index is 1110. The van der Waals surface area contributed by atoms with Gasteiger partial charge in [-0.1, -0.05) is 42.5 Å². The van der Waals surface area contributed by atoms with E-state index in [9.17, 15) is 9.59 Å². The number of carbonyl (C=O) groups excluding carboxylic acids is 2. The van der Waals surface area contributed by atoms with E-state index >= 15 is 0 Å². The highest BCUT2D eigenvalue weighted by Crippen LogP contribution is 2.32. The molecule has 0 atom stereocenters. The van der Waals surface area contributed by atoms with E-state index in [2.05, 4.69) is 22.6 Å². The van der Waals surface area contributed by atoms with Crippen LogP contribution in [0.5, 0.6) is 11.5 Å². The Labute approximate surface area is 204 Å².